The second-order valence-corrected chi connectivity index (χ2v) is 18.6. The van der Waals surface area contributed by atoms with E-state index in [2.05, 4.69) is 10.6 Å². The fourth-order valence-corrected chi connectivity index (χ4v) is 9.28. The molecule has 1 aromatic rings. The molecule has 0 saturated carbocycles. The van der Waals surface area contributed by atoms with Crippen LogP contribution in [0, 0.1) is 23.7 Å². The molecule has 1 unspecified atom stereocenters. The number of hydrogen-bond acceptors (Lipinski definition) is 10. The van der Waals surface area contributed by atoms with E-state index in [0.717, 1.165) is 6.42 Å². The van der Waals surface area contributed by atoms with Gasteiger partial charge >= 0.3 is 0 Å². The summed E-state index contributed by atoms with van der Waals surface area (Å²) in [7, 11) is 6.32. The first-order chi connectivity index (χ1) is 30.7. The zero-order chi connectivity index (χ0) is 48.7. The van der Waals surface area contributed by atoms with Crippen molar-refractivity contribution in [3.8, 4) is 0 Å². The third-order valence-electron chi connectivity index (χ3n) is 13.4. The molecular formula is C49H78N6O10. The summed E-state index contributed by atoms with van der Waals surface area (Å²) in [5.41, 5.74) is 0.688. The molecular weight excluding hydrogens is 833 g/mol. The molecule has 0 aromatic heterocycles. The van der Waals surface area contributed by atoms with Crippen LogP contribution < -0.4 is 10.6 Å². The van der Waals surface area contributed by atoms with Gasteiger partial charge in [-0.1, -0.05) is 91.6 Å². The van der Waals surface area contributed by atoms with Crippen molar-refractivity contribution in [2.45, 2.75) is 155 Å². The Morgan fingerprint density at radius 3 is 2.02 bits per heavy atom. The third-order valence-corrected chi connectivity index (χ3v) is 13.4. The minimum Gasteiger partial charge on any atom is -0.386 e. The van der Waals surface area contributed by atoms with E-state index in [4.69, 9.17) is 9.47 Å². The monoisotopic (exact) mass is 911 g/mol. The number of methoxy groups -OCH3 is 2. The van der Waals surface area contributed by atoms with Crippen LogP contribution in [0.2, 0.25) is 0 Å². The van der Waals surface area contributed by atoms with Crippen molar-refractivity contribution in [2.24, 2.45) is 23.7 Å². The van der Waals surface area contributed by atoms with Crippen LogP contribution in [0.3, 0.4) is 0 Å². The molecule has 16 heteroatoms. The van der Waals surface area contributed by atoms with E-state index in [0.29, 0.717) is 44.2 Å². The minimum atomic E-state index is -0.947. The van der Waals surface area contributed by atoms with Crippen molar-refractivity contribution in [1.82, 2.24) is 30.2 Å². The van der Waals surface area contributed by atoms with Gasteiger partial charge < -0.3 is 39.9 Å². The van der Waals surface area contributed by atoms with E-state index in [-0.39, 0.29) is 72.6 Å². The quantitative estimate of drug-likeness (QED) is 0.0894. The molecule has 7 amide bonds. The zero-order valence-electron chi connectivity index (χ0n) is 41.0. The van der Waals surface area contributed by atoms with Crippen molar-refractivity contribution in [3.05, 3.63) is 48.0 Å². The molecule has 16 nitrogen and oxygen atoms in total. The Bertz CT molecular complexity index is 1770. The molecule has 364 valence electrons. The lowest BCUT2D eigenvalue weighted by Gasteiger charge is -2.41. The lowest BCUT2D eigenvalue weighted by Crippen LogP contribution is -2.60. The van der Waals surface area contributed by atoms with E-state index in [1.807, 2.05) is 59.7 Å². The van der Waals surface area contributed by atoms with Gasteiger partial charge in [-0.2, -0.15) is 0 Å². The van der Waals surface area contributed by atoms with E-state index >= 15 is 0 Å². The number of aliphatic hydroxyl groups excluding tert-OH is 1. The molecule has 10 atom stereocenters. The van der Waals surface area contributed by atoms with Gasteiger partial charge in [0, 0.05) is 60.0 Å². The summed E-state index contributed by atoms with van der Waals surface area (Å²) in [6.45, 7) is 15.6. The van der Waals surface area contributed by atoms with Crippen molar-refractivity contribution < 1.29 is 48.1 Å². The Morgan fingerprint density at radius 2 is 1.46 bits per heavy atom. The number of rotatable bonds is 26. The van der Waals surface area contributed by atoms with Gasteiger partial charge in [-0.25, -0.2) is 0 Å². The maximum absolute atomic E-state index is 14.6. The third kappa shape index (κ3) is 14.4. The lowest BCUT2D eigenvalue weighted by molar-refractivity contribution is -0.148. The predicted octanol–water partition coefficient (Wildman–Crippen LogP) is 4.25. The number of aliphatic hydroxyl groups is 1. The Kier molecular flexibility index (Phi) is 21.8. The number of imide groups is 1. The maximum Gasteiger partial charge on any atom is 0.253 e. The summed E-state index contributed by atoms with van der Waals surface area (Å²) in [5, 5.41) is 16.8. The van der Waals surface area contributed by atoms with Crippen molar-refractivity contribution in [1.29, 1.82) is 0 Å². The van der Waals surface area contributed by atoms with Gasteiger partial charge in [0.1, 0.15) is 12.1 Å². The summed E-state index contributed by atoms with van der Waals surface area (Å²) in [6.07, 6.45) is 4.09. The summed E-state index contributed by atoms with van der Waals surface area (Å²) < 4.78 is 12.0. The smallest absolute Gasteiger partial charge is 0.253 e. The summed E-state index contributed by atoms with van der Waals surface area (Å²) >= 11 is 0. The van der Waals surface area contributed by atoms with Crippen molar-refractivity contribution in [2.75, 3.05) is 41.4 Å². The number of carbonyl (C=O) groups excluding carboxylic acids is 7. The second kappa shape index (κ2) is 25.9. The van der Waals surface area contributed by atoms with Crippen LogP contribution in [0.5, 0.6) is 0 Å². The molecule has 65 heavy (non-hydrogen) atoms. The van der Waals surface area contributed by atoms with Gasteiger partial charge in [-0.05, 0) is 55.9 Å². The Hall–Kier alpha value is -4.67. The average molecular weight is 911 g/mol. The highest BCUT2D eigenvalue weighted by Crippen LogP contribution is 2.30. The number of likely N-dealkylation sites (tertiary alicyclic amines) is 1. The minimum absolute atomic E-state index is 0.0380. The second-order valence-electron chi connectivity index (χ2n) is 18.6. The fraction of sp³-hybridized carbons (Fsp3) is 0.694. The molecule has 0 radical (unpaired) electrons. The normalized spacial score (nSPS) is 19.3. The molecule has 2 aliphatic heterocycles. The zero-order valence-corrected chi connectivity index (χ0v) is 41.0. The highest BCUT2D eigenvalue weighted by Gasteiger charge is 2.43. The molecule has 1 fully saturated rings. The molecule has 1 aromatic carbocycles. The Morgan fingerprint density at radius 1 is 0.831 bits per heavy atom. The van der Waals surface area contributed by atoms with Crippen LogP contribution >= 0.6 is 0 Å². The van der Waals surface area contributed by atoms with Crippen LogP contribution in [0.25, 0.3) is 0 Å². The molecule has 0 spiro atoms. The van der Waals surface area contributed by atoms with Crippen LogP contribution in [0.4, 0.5) is 0 Å². The van der Waals surface area contributed by atoms with Gasteiger partial charge in [-0.3, -0.25) is 38.5 Å². The van der Waals surface area contributed by atoms with Gasteiger partial charge in [0.05, 0.1) is 48.8 Å². The lowest BCUT2D eigenvalue weighted by atomic mass is 9.89. The van der Waals surface area contributed by atoms with E-state index < -0.39 is 60.3 Å². The van der Waals surface area contributed by atoms with E-state index in [9.17, 15) is 38.7 Å². The number of nitrogens with one attached hydrogen (secondary N) is 2. The Balaban J connectivity index is 1.70. The van der Waals surface area contributed by atoms with Crippen molar-refractivity contribution in [3.63, 3.8) is 0 Å². The van der Waals surface area contributed by atoms with Crippen LogP contribution in [-0.2, 0) is 43.0 Å². The van der Waals surface area contributed by atoms with Crippen LogP contribution in [0.1, 0.15) is 118 Å². The largest absolute Gasteiger partial charge is 0.386 e. The SMILES string of the molecule is CC[C@H](C)C([C@@H](CC(=O)N1CCC[C@H]1[C@H](OC)[C@@H](C)C(=O)N[C@H](C)[C@@H](O)c1ccccc1)OC)N(C)C(=O)[C@@H](NC(=O)[C@H](C(C)C)N(C)C(=O)CCCCCN1C(=O)C=CC1=O)C(C)C. The molecule has 1 saturated heterocycles. The number of nitrogens with zero attached hydrogens (tertiary/aromatic N) is 4. The molecule has 0 bridgehead atoms. The Labute approximate surface area is 387 Å². The number of carbonyl (C=O) groups is 7. The predicted molar refractivity (Wildman–Crippen MR) is 248 cm³/mol. The number of unbranched alkanes of at least 4 members (excludes halogenated alkanes) is 2. The number of hydrogen-bond donors (Lipinski definition) is 3. The highest BCUT2D eigenvalue weighted by molar-refractivity contribution is 6.12. The highest BCUT2D eigenvalue weighted by atomic mass is 16.5. The first-order valence-corrected chi connectivity index (χ1v) is 23.5. The summed E-state index contributed by atoms with van der Waals surface area (Å²) in [6, 6.07) is 5.80. The molecule has 0 aliphatic carbocycles. The summed E-state index contributed by atoms with van der Waals surface area (Å²) in [4.78, 5) is 99.5. The molecule has 2 aliphatic rings. The molecule has 3 N–H and O–H groups in total. The van der Waals surface area contributed by atoms with Crippen LogP contribution in [-0.4, -0.2) is 150 Å². The molecule has 2 heterocycles. The number of benzene rings is 1. The first kappa shape index (κ1) is 54.7. The van der Waals surface area contributed by atoms with Gasteiger partial charge in [-0.15, -0.1) is 0 Å². The van der Waals surface area contributed by atoms with Gasteiger partial charge in [0.15, 0.2) is 0 Å². The first-order valence-electron chi connectivity index (χ1n) is 23.5. The van der Waals surface area contributed by atoms with Crippen LogP contribution in [0.15, 0.2) is 42.5 Å². The van der Waals surface area contributed by atoms with E-state index in [1.165, 1.54) is 36.2 Å². The molecule has 3 rings (SSSR count). The number of ether oxygens (including phenoxy) is 2. The van der Waals surface area contributed by atoms with Gasteiger partial charge in [0.2, 0.25) is 29.5 Å². The average Bonchev–Trinajstić information content (AvgIpc) is 3.89. The number of amides is 7. The fourth-order valence-electron chi connectivity index (χ4n) is 9.28. The van der Waals surface area contributed by atoms with Gasteiger partial charge in [0.25, 0.3) is 11.8 Å². The standard InChI is InChI=1S/C49H78N6O10/c1-13-32(6)44(37(64-11)29-41(59)54-28-20-23-36(54)46(65-12)33(7)47(61)50-34(8)45(60)35-21-16-14-17-22-35)53(10)49(63)42(30(2)3)51-48(62)43(31(4)5)52(9)38(56)24-18-15-19-27-55-39(57)25-26-40(55)58/h14,16-17,21-22,25-26,30-34,36-37,42-46,60H,13,15,18-20,23-24,27-29H2,1-12H3,(H,50,61)(H,51,62)/t32-,33+,34+,36-,37+,42-,43-,44?,45+,46+/m0/s1. The maximum atomic E-state index is 14.6. The van der Waals surface area contributed by atoms with E-state index in [1.54, 1.807) is 49.9 Å². The van der Waals surface area contributed by atoms with Crippen molar-refractivity contribution >= 4 is 41.4 Å². The number of likely N-dealkylation sites (N-methyl/N-ethyl adjacent to an activating group) is 2. The topological polar surface area (TPSA) is 195 Å². The summed E-state index contributed by atoms with van der Waals surface area (Å²) in [5.74, 6) is -3.55.